The molecule has 0 aliphatic carbocycles. The molecule has 22 heavy (non-hydrogen) atoms. The van der Waals surface area contributed by atoms with Gasteiger partial charge in [-0.25, -0.2) is 9.97 Å². The zero-order valence-electron chi connectivity index (χ0n) is 12.1. The van der Waals surface area contributed by atoms with Gasteiger partial charge in [0.1, 0.15) is 10.0 Å². The van der Waals surface area contributed by atoms with Crippen LogP contribution in [0, 0.1) is 13.8 Å². The number of nitrogens with zero attached hydrogens (tertiary/aromatic N) is 4. The fraction of sp³-hybridized carbons (Fsp3) is 0.125. The topological polar surface area (TPSA) is 51.6 Å². The normalized spacial score (nSPS) is 11.2. The third-order valence-electron chi connectivity index (χ3n) is 3.51. The smallest absolute Gasteiger partial charge is 0.155 e. The second-order valence-corrected chi connectivity index (χ2v) is 6.98. The van der Waals surface area contributed by atoms with Crippen LogP contribution in [0.5, 0.6) is 0 Å². The highest BCUT2D eigenvalue weighted by Crippen LogP contribution is 2.37. The molecule has 0 saturated heterocycles. The van der Waals surface area contributed by atoms with Crippen LogP contribution >= 0.6 is 22.7 Å². The average molecular weight is 324 g/mol. The van der Waals surface area contributed by atoms with E-state index in [1.54, 1.807) is 35.1 Å². The Labute approximate surface area is 135 Å². The van der Waals surface area contributed by atoms with Gasteiger partial charge in [-0.05, 0) is 37.1 Å². The summed E-state index contributed by atoms with van der Waals surface area (Å²) in [5.41, 5.74) is 4.52. The van der Waals surface area contributed by atoms with Crippen LogP contribution < -0.4 is 0 Å². The summed E-state index contributed by atoms with van der Waals surface area (Å²) in [6, 6.07) is 4.01. The first-order valence-electron chi connectivity index (χ1n) is 6.82. The van der Waals surface area contributed by atoms with Gasteiger partial charge in [-0.3, -0.25) is 9.97 Å². The van der Waals surface area contributed by atoms with Crippen molar-refractivity contribution >= 4 is 32.3 Å². The summed E-state index contributed by atoms with van der Waals surface area (Å²) in [5, 5.41) is 1.96. The van der Waals surface area contributed by atoms with E-state index in [0.717, 1.165) is 30.8 Å². The number of aromatic nitrogens is 4. The number of fused-ring (bicyclic) bond motifs is 1. The molecule has 0 aliphatic heterocycles. The van der Waals surface area contributed by atoms with E-state index in [4.69, 9.17) is 9.97 Å². The van der Waals surface area contributed by atoms with Crippen LogP contribution in [0.15, 0.2) is 36.9 Å². The average Bonchev–Trinajstić information content (AvgIpc) is 3.06. The maximum absolute atomic E-state index is 4.73. The van der Waals surface area contributed by atoms with E-state index < -0.39 is 0 Å². The summed E-state index contributed by atoms with van der Waals surface area (Å²) in [6.07, 6.45) is 7.33. The Bertz CT molecular complexity index is 865. The van der Waals surface area contributed by atoms with E-state index >= 15 is 0 Å². The lowest BCUT2D eigenvalue weighted by Gasteiger charge is -2.00. The molecule has 0 bridgehead atoms. The molecule has 6 heteroatoms. The third-order valence-corrected chi connectivity index (χ3v) is 5.61. The summed E-state index contributed by atoms with van der Waals surface area (Å²) in [6.45, 7) is 4.15. The lowest BCUT2D eigenvalue weighted by molar-refractivity contribution is 1.28. The molecule has 0 radical (unpaired) electrons. The van der Waals surface area contributed by atoms with Gasteiger partial charge >= 0.3 is 0 Å². The Morgan fingerprint density at radius 1 is 0.727 bits per heavy atom. The van der Waals surface area contributed by atoms with Crippen molar-refractivity contribution in [3.63, 3.8) is 0 Å². The van der Waals surface area contributed by atoms with Crippen molar-refractivity contribution in [2.75, 3.05) is 0 Å². The fourth-order valence-corrected chi connectivity index (χ4v) is 4.44. The lowest BCUT2D eigenvalue weighted by atomic mass is 10.2. The minimum absolute atomic E-state index is 0.974. The molecule has 0 amide bonds. The van der Waals surface area contributed by atoms with Crippen molar-refractivity contribution in [2.24, 2.45) is 0 Å². The van der Waals surface area contributed by atoms with E-state index in [2.05, 4.69) is 23.8 Å². The van der Waals surface area contributed by atoms with Crippen LogP contribution in [0.2, 0.25) is 0 Å². The van der Waals surface area contributed by atoms with Crippen molar-refractivity contribution in [3.8, 4) is 21.1 Å². The molecule has 108 valence electrons. The zero-order valence-corrected chi connectivity index (χ0v) is 13.7. The molecule has 0 saturated carbocycles. The largest absolute Gasteiger partial charge is 0.264 e. The van der Waals surface area contributed by atoms with Gasteiger partial charge in [0.15, 0.2) is 9.66 Å². The van der Waals surface area contributed by atoms with E-state index in [9.17, 15) is 0 Å². The van der Waals surface area contributed by atoms with Crippen LogP contribution in [0.25, 0.3) is 30.8 Å². The van der Waals surface area contributed by atoms with Crippen molar-refractivity contribution < 1.29 is 0 Å². The Hall–Kier alpha value is -2.18. The molecule has 0 aliphatic rings. The standard InChI is InChI=1S/C16H12N4S2/c1-9-3-5-17-7-11(9)13-19-15-16(21-13)20-14(22-15)12-8-18-6-4-10(12)2/h3-8H,1-2H3. The maximum Gasteiger partial charge on any atom is 0.155 e. The van der Waals surface area contributed by atoms with Crippen LogP contribution in [-0.2, 0) is 0 Å². The van der Waals surface area contributed by atoms with E-state index in [1.165, 1.54) is 11.1 Å². The molecule has 0 aromatic carbocycles. The molecule has 0 unspecified atom stereocenters. The Balaban J connectivity index is 1.81. The predicted molar refractivity (Wildman–Crippen MR) is 91.2 cm³/mol. The quantitative estimate of drug-likeness (QED) is 0.545. The van der Waals surface area contributed by atoms with Gasteiger partial charge in [0.2, 0.25) is 0 Å². The molecule has 0 N–H and O–H groups in total. The lowest BCUT2D eigenvalue weighted by Crippen LogP contribution is -1.84. The summed E-state index contributed by atoms with van der Waals surface area (Å²) in [4.78, 5) is 19.8. The Morgan fingerprint density at radius 3 is 1.59 bits per heavy atom. The Morgan fingerprint density at radius 2 is 1.18 bits per heavy atom. The number of pyridine rings is 2. The van der Waals surface area contributed by atoms with E-state index in [0.29, 0.717) is 0 Å². The van der Waals surface area contributed by atoms with Crippen LogP contribution in [0.1, 0.15) is 11.1 Å². The first kappa shape index (κ1) is 13.5. The molecule has 4 heterocycles. The van der Waals surface area contributed by atoms with Crippen molar-refractivity contribution in [1.29, 1.82) is 0 Å². The van der Waals surface area contributed by atoms with Crippen LogP contribution in [0.3, 0.4) is 0 Å². The highest BCUT2D eigenvalue weighted by Gasteiger charge is 2.15. The summed E-state index contributed by atoms with van der Waals surface area (Å²) < 4.78 is 0. The highest BCUT2D eigenvalue weighted by atomic mass is 32.1. The molecule has 0 spiro atoms. The predicted octanol–water partition coefficient (Wildman–Crippen LogP) is 4.49. The van der Waals surface area contributed by atoms with Gasteiger partial charge in [0.25, 0.3) is 0 Å². The maximum atomic E-state index is 4.73. The summed E-state index contributed by atoms with van der Waals surface area (Å²) in [7, 11) is 0. The molecule has 4 aromatic rings. The molecule has 0 atom stereocenters. The molecule has 0 fully saturated rings. The molecular weight excluding hydrogens is 312 g/mol. The molecule has 4 nitrogen and oxygen atoms in total. The molecule has 4 rings (SSSR count). The van der Waals surface area contributed by atoms with E-state index in [1.807, 2.05) is 24.5 Å². The third kappa shape index (κ3) is 2.20. The Kier molecular flexibility index (Phi) is 3.20. The van der Waals surface area contributed by atoms with Crippen molar-refractivity contribution in [2.45, 2.75) is 13.8 Å². The second-order valence-electron chi connectivity index (χ2n) is 5.03. The van der Waals surface area contributed by atoms with Crippen molar-refractivity contribution in [1.82, 2.24) is 19.9 Å². The van der Waals surface area contributed by atoms with E-state index in [-0.39, 0.29) is 0 Å². The SMILES string of the molecule is Cc1ccncc1-c1nc2sc(-c3cnccc3C)nc2s1. The van der Waals surface area contributed by atoms with Gasteiger partial charge in [-0.1, -0.05) is 22.7 Å². The number of thiazole rings is 2. The fourth-order valence-electron chi connectivity index (χ4n) is 2.25. The van der Waals surface area contributed by atoms with Crippen LogP contribution in [0.4, 0.5) is 0 Å². The number of rotatable bonds is 2. The second kappa shape index (κ2) is 5.23. The first-order chi connectivity index (χ1) is 10.7. The van der Waals surface area contributed by atoms with Gasteiger partial charge in [0.05, 0.1) is 0 Å². The van der Waals surface area contributed by atoms with Crippen LogP contribution in [-0.4, -0.2) is 19.9 Å². The monoisotopic (exact) mass is 324 g/mol. The first-order valence-corrected chi connectivity index (χ1v) is 8.45. The summed E-state index contributed by atoms with van der Waals surface area (Å²) in [5.74, 6) is 0. The van der Waals surface area contributed by atoms with Gasteiger partial charge in [-0.15, -0.1) is 0 Å². The molecule has 4 aromatic heterocycles. The van der Waals surface area contributed by atoms with Gasteiger partial charge in [-0.2, -0.15) is 0 Å². The van der Waals surface area contributed by atoms with Gasteiger partial charge in [0, 0.05) is 35.9 Å². The zero-order chi connectivity index (χ0) is 15.1. The number of hydrogen-bond acceptors (Lipinski definition) is 6. The summed E-state index contributed by atoms with van der Waals surface area (Å²) >= 11 is 3.23. The minimum atomic E-state index is 0.974. The number of aryl methyl sites for hydroxylation is 2. The van der Waals surface area contributed by atoms with Gasteiger partial charge < -0.3 is 0 Å². The number of hydrogen-bond donors (Lipinski definition) is 0. The van der Waals surface area contributed by atoms with Crippen molar-refractivity contribution in [3.05, 3.63) is 48.0 Å². The minimum Gasteiger partial charge on any atom is -0.264 e. The molecular formula is C16H12N4S2. The highest BCUT2D eigenvalue weighted by molar-refractivity contribution is 7.29.